The molecule has 0 radical (unpaired) electrons. The van der Waals surface area contributed by atoms with Crippen LogP contribution in [0.15, 0.2) is 6.20 Å². The average Bonchev–Trinajstić information content (AvgIpc) is 2.26. The summed E-state index contributed by atoms with van der Waals surface area (Å²) in [6, 6.07) is 0. The molecule has 0 fully saturated rings. The van der Waals surface area contributed by atoms with E-state index in [9.17, 15) is 4.79 Å². The first-order chi connectivity index (χ1) is 5.57. The van der Waals surface area contributed by atoms with Crippen LogP contribution < -0.4 is 0 Å². The van der Waals surface area contributed by atoms with Crippen molar-refractivity contribution < 1.29 is 4.79 Å². The molecule has 0 aliphatic carbocycles. The van der Waals surface area contributed by atoms with Crippen LogP contribution in [0.25, 0.3) is 0 Å². The van der Waals surface area contributed by atoms with Gasteiger partial charge in [0.15, 0.2) is 0 Å². The van der Waals surface area contributed by atoms with E-state index < -0.39 is 0 Å². The van der Waals surface area contributed by atoms with Crippen LogP contribution in [0.4, 0.5) is 0 Å². The van der Waals surface area contributed by atoms with Gasteiger partial charge in [-0.2, -0.15) is 0 Å². The van der Waals surface area contributed by atoms with E-state index in [-0.39, 0.29) is 5.92 Å². The van der Waals surface area contributed by atoms with E-state index in [1.54, 1.807) is 0 Å². The van der Waals surface area contributed by atoms with Gasteiger partial charge < -0.3 is 9.36 Å². The Morgan fingerprint density at radius 2 is 2.08 bits per heavy atom. The summed E-state index contributed by atoms with van der Waals surface area (Å²) in [5, 5.41) is 0. The highest BCUT2D eigenvalue weighted by atomic mass is 16.1. The van der Waals surface area contributed by atoms with Crippen molar-refractivity contribution in [1.82, 2.24) is 4.57 Å². The highest BCUT2D eigenvalue weighted by molar-refractivity contribution is 5.63. The molecule has 0 aliphatic rings. The molecule has 0 saturated heterocycles. The maximum atomic E-state index is 10.6. The Balaban J connectivity index is 3.21. The number of carbonyl (C=O) groups is 1. The number of hydrogen-bond acceptors (Lipinski definition) is 1. The Morgan fingerprint density at radius 1 is 1.50 bits per heavy atom. The molecule has 0 aromatic carbocycles. The lowest BCUT2D eigenvalue weighted by atomic mass is 10.00. The second-order valence-corrected chi connectivity index (χ2v) is 3.35. The van der Waals surface area contributed by atoms with Crippen LogP contribution in [0.2, 0.25) is 0 Å². The van der Waals surface area contributed by atoms with Crippen molar-refractivity contribution in [2.24, 2.45) is 7.05 Å². The molecule has 1 aromatic rings. The summed E-state index contributed by atoms with van der Waals surface area (Å²) in [5.41, 5.74) is 3.56. The van der Waals surface area contributed by atoms with Crippen molar-refractivity contribution in [2.75, 3.05) is 0 Å². The molecule has 2 nitrogen and oxygen atoms in total. The first-order valence-electron chi connectivity index (χ1n) is 4.15. The molecule has 0 spiro atoms. The maximum Gasteiger partial charge on any atom is 0.127 e. The molecule has 1 atom stereocenters. The van der Waals surface area contributed by atoms with Crippen molar-refractivity contribution in [1.29, 1.82) is 0 Å². The minimum atomic E-state index is 0.0196. The lowest BCUT2D eigenvalue weighted by Gasteiger charge is -2.05. The smallest absolute Gasteiger partial charge is 0.127 e. The predicted molar refractivity (Wildman–Crippen MR) is 49.4 cm³/mol. The number of nitrogens with zero attached hydrogens (tertiary/aromatic N) is 1. The third-order valence-corrected chi connectivity index (χ3v) is 2.39. The average molecular weight is 165 g/mol. The van der Waals surface area contributed by atoms with Crippen molar-refractivity contribution in [3.8, 4) is 0 Å². The van der Waals surface area contributed by atoms with Gasteiger partial charge in [-0.3, -0.25) is 0 Å². The lowest BCUT2D eigenvalue weighted by molar-refractivity contribution is -0.108. The van der Waals surface area contributed by atoms with Gasteiger partial charge in [0.05, 0.1) is 0 Å². The molecule has 1 aromatic heterocycles. The molecular formula is C10H15NO. The zero-order valence-corrected chi connectivity index (χ0v) is 8.09. The number of carbonyl (C=O) groups excluding carboxylic acids is 1. The number of hydrogen-bond donors (Lipinski definition) is 0. The summed E-state index contributed by atoms with van der Waals surface area (Å²) >= 11 is 0. The van der Waals surface area contributed by atoms with Crippen LogP contribution >= 0.6 is 0 Å². The van der Waals surface area contributed by atoms with Crippen LogP contribution in [0.1, 0.15) is 29.7 Å². The van der Waals surface area contributed by atoms with Gasteiger partial charge in [0.1, 0.15) is 6.29 Å². The van der Waals surface area contributed by atoms with Gasteiger partial charge >= 0.3 is 0 Å². The molecule has 12 heavy (non-hydrogen) atoms. The quantitative estimate of drug-likeness (QED) is 0.614. The number of rotatable bonds is 2. The first kappa shape index (κ1) is 9.04. The van der Waals surface area contributed by atoms with E-state index in [1.165, 1.54) is 16.8 Å². The van der Waals surface area contributed by atoms with Crippen molar-refractivity contribution in [3.63, 3.8) is 0 Å². The van der Waals surface area contributed by atoms with Gasteiger partial charge in [0, 0.05) is 24.9 Å². The molecule has 0 bridgehead atoms. The number of aryl methyl sites for hydroxylation is 2. The minimum Gasteiger partial charge on any atom is -0.354 e. The Bertz CT molecular complexity index is 299. The summed E-state index contributed by atoms with van der Waals surface area (Å²) in [6.45, 7) is 6.02. The molecule has 66 valence electrons. The molecule has 0 saturated carbocycles. The fourth-order valence-electron chi connectivity index (χ4n) is 1.69. The van der Waals surface area contributed by atoms with Crippen LogP contribution in [0, 0.1) is 13.8 Å². The molecular weight excluding hydrogens is 150 g/mol. The standard InChI is InChI=1S/C10H15NO/c1-7-5-11(4)9(3)10(7)8(2)6-12/h5-6,8H,1-4H3. The SMILES string of the molecule is Cc1cn(C)c(C)c1C(C)C=O. The highest BCUT2D eigenvalue weighted by Crippen LogP contribution is 2.22. The largest absolute Gasteiger partial charge is 0.354 e. The zero-order chi connectivity index (χ0) is 9.30. The molecule has 0 aliphatic heterocycles. The van der Waals surface area contributed by atoms with Gasteiger partial charge in [-0.25, -0.2) is 0 Å². The molecule has 1 unspecified atom stereocenters. The molecule has 2 heteroatoms. The van der Waals surface area contributed by atoms with Crippen molar-refractivity contribution >= 4 is 6.29 Å². The van der Waals surface area contributed by atoms with E-state index in [0.717, 1.165) is 6.29 Å². The first-order valence-corrected chi connectivity index (χ1v) is 4.15. The van der Waals surface area contributed by atoms with Gasteiger partial charge in [-0.15, -0.1) is 0 Å². The summed E-state index contributed by atoms with van der Waals surface area (Å²) in [4.78, 5) is 10.6. The van der Waals surface area contributed by atoms with Crippen molar-refractivity contribution in [3.05, 3.63) is 23.0 Å². The van der Waals surface area contributed by atoms with Crippen molar-refractivity contribution in [2.45, 2.75) is 26.7 Å². The Morgan fingerprint density at radius 3 is 2.42 bits per heavy atom. The van der Waals surface area contributed by atoms with E-state index in [2.05, 4.69) is 10.8 Å². The van der Waals surface area contributed by atoms with Gasteiger partial charge in [-0.05, 0) is 25.0 Å². The molecule has 1 rings (SSSR count). The second-order valence-electron chi connectivity index (χ2n) is 3.35. The van der Waals surface area contributed by atoms with E-state index in [0.29, 0.717) is 0 Å². The maximum absolute atomic E-state index is 10.6. The summed E-state index contributed by atoms with van der Waals surface area (Å²) < 4.78 is 2.06. The Labute approximate surface area is 73.2 Å². The zero-order valence-electron chi connectivity index (χ0n) is 8.09. The van der Waals surface area contributed by atoms with Crippen LogP contribution in [0.3, 0.4) is 0 Å². The summed E-state index contributed by atoms with van der Waals surface area (Å²) in [6.07, 6.45) is 3.06. The molecule has 0 N–H and O–H groups in total. The third-order valence-electron chi connectivity index (χ3n) is 2.39. The lowest BCUT2D eigenvalue weighted by Crippen LogP contribution is -1.98. The van der Waals surface area contributed by atoms with Crippen LogP contribution in [-0.4, -0.2) is 10.9 Å². The minimum absolute atomic E-state index is 0.0196. The topological polar surface area (TPSA) is 22.0 Å². The van der Waals surface area contributed by atoms with E-state index >= 15 is 0 Å². The summed E-state index contributed by atoms with van der Waals surface area (Å²) in [5.74, 6) is 0.0196. The van der Waals surface area contributed by atoms with Gasteiger partial charge in [-0.1, -0.05) is 6.92 Å². The molecule has 0 amide bonds. The predicted octanol–water partition coefficient (Wildman–Crippen LogP) is 1.94. The monoisotopic (exact) mass is 165 g/mol. The van der Waals surface area contributed by atoms with Crippen LogP contribution in [0.5, 0.6) is 0 Å². The highest BCUT2D eigenvalue weighted by Gasteiger charge is 2.13. The number of aldehydes is 1. The third kappa shape index (κ3) is 1.29. The molecule has 1 heterocycles. The fourth-order valence-corrected chi connectivity index (χ4v) is 1.69. The second kappa shape index (κ2) is 3.13. The van der Waals surface area contributed by atoms with E-state index in [1.807, 2.05) is 27.8 Å². The Hall–Kier alpha value is -1.05. The normalized spacial score (nSPS) is 13.0. The fraction of sp³-hybridized carbons (Fsp3) is 0.500. The van der Waals surface area contributed by atoms with Gasteiger partial charge in [0.2, 0.25) is 0 Å². The summed E-state index contributed by atoms with van der Waals surface area (Å²) in [7, 11) is 2.00. The number of aromatic nitrogens is 1. The van der Waals surface area contributed by atoms with Crippen LogP contribution in [-0.2, 0) is 11.8 Å². The van der Waals surface area contributed by atoms with E-state index in [4.69, 9.17) is 0 Å². The van der Waals surface area contributed by atoms with Gasteiger partial charge in [0.25, 0.3) is 0 Å². The Kier molecular flexibility index (Phi) is 2.36.